The molecule has 1 aliphatic heterocycles. The van der Waals surface area contributed by atoms with Crippen LogP contribution in [0.4, 0.5) is 11.6 Å². The molecule has 0 aliphatic carbocycles. The zero-order valence-electron chi connectivity index (χ0n) is 19.4. The van der Waals surface area contributed by atoms with Crippen molar-refractivity contribution < 1.29 is 4.79 Å². The molecule has 0 atom stereocenters. The van der Waals surface area contributed by atoms with Gasteiger partial charge in [-0.3, -0.25) is 9.78 Å². The molecule has 9 heteroatoms. The fourth-order valence-corrected chi connectivity index (χ4v) is 3.63. The molecular weight excluding hydrogens is 428 g/mol. The fraction of sp³-hybridized carbons (Fsp3) is 0.240. The first-order valence-electron chi connectivity index (χ1n) is 11.0. The Hall–Kier alpha value is -4.11. The van der Waals surface area contributed by atoms with E-state index in [-0.39, 0.29) is 5.91 Å². The van der Waals surface area contributed by atoms with Crippen LogP contribution in [0.3, 0.4) is 0 Å². The van der Waals surface area contributed by atoms with E-state index in [1.54, 1.807) is 30.7 Å². The van der Waals surface area contributed by atoms with E-state index in [0.29, 0.717) is 17.2 Å². The van der Waals surface area contributed by atoms with E-state index >= 15 is 0 Å². The number of allylic oxidation sites excluding steroid dienone is 3. The van der Waals surface area contributed by atoms with Crippen molar-refractivity contribution in [3.8, 4) is 0 Å². The molecule has 174 valence electrons. The van der Waals surface area contributed by atoms with Gasteiger partial charge in [-0.15, -0.1) is 0 Å². The number of carbonyl (C=O) groups excluding carboxylic acids is 1. The van der Waals surface area contributed by atoms with Crippen LogP contribution in [-0.4, -0.2) is 65.7 Å². The molecule has 0 bridgehead atoms. The maximum atomic E-state index is 12.9. The third-order valence-corrected chi connectivity index (χ3v) is 5.79. The number of likely N-dealkylation sites (N-methyl/N-ethyl adjacent to an activating group) is 1. The number of piperazine rings is 1. The van der Waals surface area contributed by atoms with Crippen LogP contribution in [0.1, 0.15) is 22.8 Å². The monoisotopic (exact) mass is 456 g/mol. The Morgan fingerprint density at radius 1 is 1.09 bits per heavy atom. The number of rotatable bonds is 6. The first-order chi connectivity index (χ1) is 16.4. The minimum absolute atomic E-state index is 0.234. The van der Waals surface area contributed by atoms with Gasteiger partial charge in [0.15, 0.2) is 0 Å². The molecule has 1 saturated heterocycles. The van der Waals surface area contributed by atoms with Crippen molar-refractivity contribution in [3.05, 3.63) is 72.0 Å². The predicted molar refractivity (Wildman–Crippen MR) is 137 cm³/mol. The highest BCUT2D eigenvalue weighted by Crippen LogP contribution is 2.22. The second-order valence-electron chi connectivity index (χ2n) is 8.23. The van der Waals surface area contributed by atoms with Crippen molar-refractivity contribution in [2.75, 3.05) is 43.4 Å². The summed E-state index contributed by atoms with van der Waals surface area (Å²) >= 11 is 0. The lowest BCUT2D eigenvalue weighted by molar-refractivity contribution is 0.102. The van der Waals surface area contributed by atoms with Crippen molar-refractivity contribution >= 4 is 40.7 Å². The molecule has 3 N–H and O–H groups in total. The minimum Gasteiger partial charge on any atom is -0.384 e. The topological polar surface area (TPSA) is 113 Å². The second-order valence-corrected chi connectivity index (χ2v) is 8.23. The van der Waals surface area contributed by atoms with Crippen LogP contribution in [0.2, 0.25) is 0 Å². The van der Waals surface area contributed by atoms with Crippen molar-refractivity contribution in [1.29, 1.82) is 0 Å². The molecule has 3 aromatic rings. The van der Waals surface area contributed by atoms with E-state index in [9.17, 15) is 4.79 Å². The van der Waals surface area contributed by atoms with E-state index in [2.05, 4.69) is 48.8 Å². The average Bonchev–Trinajstić information content (AvgIpc) is 2.87. The lowest BCUT2D eigenvalue weighted by Gasteiger charge is -2.33. The van der Waals surface area contributed by atoms with Crippen LogP contribution in [0.5, 0.6) is 0 Å². The van der Waals surface area contributed by atoms with Crippen LogP contribution < -0.4 is 16.0 Å². The summed E-state index contributed by atoms with van der Waals surface area (Å²) in [5.74, 6) is 1.37. The summed E-state index contributed by atoms with van der Waals surface area (Å²) in [4.78, 5) is 34.4. The Morgan fingerprint density at radius 2 is 1.88 bits per heavy atom. The third-order valence-electron chi connectivity index (χ3n) is 5.79. The summed E-state index contributed by atoms with van der Waals surface area (Å²) in [5.41, 5.74) is 8.84. The predicted octanol–water partition coefficient (Wildman–Crippen LogP) is 2.93. The van der Waals surface area contributed by atoms with Crippen LogP contribution in [0, 0.1) is 0 Å². The summed E-state index contributed by atoms with van der Waals surface area (Å²) in [5, 5.41) is 3.75. The molecule has 0 saturated carbocycles. The molecule has 34 heavy (non-hydrogen) atoms. The van der Waals surface area contributed by atoms with E-state index in [1.807, 2.05) is 31.2 Å². The quantitative estimate of drug-likeness (QED) is 0.433. The number of hydrogen-bond acceptors (Lipinski definition) is 8. The van der Waals surface area contributed by atoms with Gasteiger partial charge in [0.1, 0.15) is 17.5 Å². The molecule has 1 amide bonds. The van der Waals surface area contributed by atoms with Gasteiger partial charge in [-0.1, -0.05) is 6.08 Å². The number of carbonyl (C=O) groups is 1. The van der Waals surface area contributed by atoms with E-state index < -0.39 is 0 Å². The summed E-state index contributed by atoms with van der Waals surface area (Å²) in [6.45, 7) is 9.08. The Kier molecular flexibility index (Phi) is 6.93. The third kappa shape index (κ3) is 5.44. The normalized spacial score (nSPS) is 15.4. The molecule has 0 unspecified atom stereocenters. The molecular formula is C25H28N8O. The zero-order chi connectivity index (χ0) is 24.1. The van der Waals surface area contributed by atoms with Crippen molar-refractivity contribution in [3.63, 3.8) is 0 Å². The Labute approximate surface area is 198 Å². The van der Waals surface area contributed by atoms with Gasteiger partial charge in [-0.25, -0.2) is 15.0 Å². The van der Waals surface area contributed by atoms with Crippen LogP contribution in [-0.2, 0) is 0 Å². The number of fused-ring (bicyclic) bond motifs is 1. The minimum atomic E-state index is -0.234. The molecule has 0 spiro atoms. The first-order valence-corrected chi connectivity index (χ1v) is 11.0. The van der Waals surface area contributed by atoms with Gasteiger partial charge in [-0.05, 0) is 62.2 Å². The highest BCUT2D eigenvalue weighted by Gasteiger charge is 2.17. The molecule has 1 aliphatic rings. The maximum Gasteiger partial charge on any atom is 0.257 e. The van der Waals surface area contributed by atoms with Crippen molar-refractivity contribution in [1.82, 2.24) is 19.9 Å². The van der Waals surface area contributed by atoms with Gasteiger partial charge >= 0.3 is 0 Å². The van der Waals surface area contributed by atoms with Gasteiger partial charge in [0, 0.05) is 49.5 Å². The Bertz CT molecular complexity index is 1270. The lowest BCUT2D eigenvalue weighted by Crippen LogP contribution is -2.44. The number of aromatic nitrogens is 3. The number of nitrogens with one attached hydrogen (secondary N) is 1. The van der Waals surface area contributed by atoms with Crippen molar-refractivity contribution in [2.24, 2.45) is 10.7 Å². The number of nitrogens with two attached hydrogens (primary N) is 1. The highest BCUT2D eigenvalue weighted by molar-refractivity contribution is 6.04. The van der Waals surface area contributed by atoms with Crippen LogP contribution >= 0.6 is 0 Å². The number of pyridine rings is 3. The Balaban J connectivity index is 1.52. The number of amides is 1. The molecule has 3 aromatic heterocycles. The summed E-state index contributed by atoms with van der Waals surface area (Å²) in [7, 11) is 2.11. The number of nitrogens with zero attached hydrogens (tertiary/aromatic N) is 6. The summed E-state index contributed by atoms with van der Waals surface area (Å²) < 4.78 is 0. The summed E-state index contributed by atoms with van der Waals surface area (Å²) in [6.07, 6.45) is 8.64. The highest BCUT2D eigenvalue weighted by atomic mass is 16.1. The molecule has 9 nitrogen and oxygen atoms in total. The molecule has 1 fully saturated rings. The molecule has 4 heterocycles. The lowest BCUT2D eigenvalue weighted by atomic mass is 10.1. The van der Waals surface area contributed by atoms with E-state index in [0.717, 1.165) is 54.0 Å². The molecule has 0 radical (unpaired) electrons. The van der Waals surface area contributed by atoms with Crippen LogP contribution in [0.15, 0.2) is 65.8 Å². The standard InChI is InChI=1S/C25H28N8O/c1-17(4-5-22(26)27-2)20-12-19-13-23(30-16-21(19)29-15-20)31-25(34)18-6-7-28-24(14-18)33-10-8-32(3)9-11-33/h4-7,12-16H,2,8-11,26H2,1,3H3,(H,30,31,34)/b17-4+,22-5-. The van der Waals surface area contributed by atoms with Gasteiger partial charge in [0.2, 0.25) is 0 Å². The van der Waals surface area contributed by atoms with Gasteiger partial charge in [0.25, 0.3) is 5.91 Å². The SMILES string of the molecule is C=N/C(N)=C\C=C(/C)c1cnc2cnc(NC(=O)c3ccnc(N4CCN(C)CC4)c3)cc2c1. The Morgan fingerprint density at radius 3 is 2.65 bits per heavy atom. The zero-order valence-corrected chi connectivity index (χ0v) is 19.4. The largest absolute Gasteiger partial charge is 0.384 e. The van der Waals surface area contributed by atoms with Gasteiger partial charge in [0.05, 0.1) is 11.7 Å². The molecule has 0 aromatic carbocycles. The summed E-state index contributed by atoms with van der Waals surface area (Å²) in [6, 6.07) is 7.35. The second kappa shape index (κ2) is 10.2. The fourth-order valence-electron chi connectivity index (χ4n) is 3.63. The number of anilines is 2. The number of aliphatic imine (C=N–C) groups is 1. The van der Waals surface area contributed by atoms with Gasteiger partial charge in [-0.2, -0.15) is 0 Å². The average molecular weight is 457 g/mol. The maximum absolute atomic E-state index is 12.9. The number of hydrogen-bond donors (Lipinski definition) is 2. The van der Waals surface area contributed by atoms with E-state index in [4.69, 9.17) is 5.73 Å². The smallest absolute Gasteiger partial charge is 0.257 e. The van der Waals surface area contributed by atoms with Gasteiger partial charge < -0.3 is 20.9 Å². The molecule has 4 rings (SSSR count). The van der Waals surface area contributed by atoms with Crippen molar-refractivity contribution in [2.45, 2.75) is 6.92 Å². The first kappa shape index (κ1) is 23.1. The van der Waals surface area contributed by atoms with Crippen LogP contribution in [0.25, 0.3) is 16.5 Å². The van der Waals surface area contributed by atoms with E-state index in [1.165, 1.54) is 0 Å².